The van der Waals surface area contributed by atoms with E-state index in [4.69, 9.17) is 16.3 Å². The van der Waals surface area contributed by atoms with Crippen LogP contribution in [-0.4, -0.2) is 19.8 Å². The Kier molecular flexibility index (Phi) is 7.30. The Bertz CT molecular complexity index is 468. The van der Waals surface area contributed by atoms with Gasteiger partial charge in [0.25, 0.3) is 0 Å². The fraction of sp³-hybridized carbons (Fsp3) is 0.571. The van der Waals surface area contributed by atoms with Crippen LogP contribution < -0.4 is 10.1 Å². The van der Waals surface area contributed by atoms with Crippen LogP contribution in [0.5, 0.6) is 5.75 Å². The standard InChI is InChI=1S/C14H18BrClF3NO/c1-3-6-20-12(4-5-14(17,18)19)10-7-9(16)8-11(15)13(10)21-2/h7-8,12,20H,3-6H2,1-2H3. The largest absolute Gasteiger partial charge is 0.495 e. The van der Waals surface area contributed by atoms with E-state index in [-0.39, 0.29) is 6.42 Å². The summed E-state index contributed by atoms with van der Waals surface area (Å²) in [6.45, 7) is 2.58. The molecule has 0 aliphatic rings. The summed E-state index contributed by atoms with van der Waals surface area (Å²) in [6, 6.07) is 2.84. The summed E-state index contributed by atoms with van der Waals surface area (Å²) in [5.74, 6) is 0.509. The van der Waals surface area contributed by atoms with E-state index in [1.165, 1.54) is 7.11 Å². The SMILES string of the molecule is CCCNC(CCC(F)(F)F)c1cc(Cl)cc(Br)c1OC. The third kappa shape index (κ3) is 6.04. The van der Waals surface area contributed by atoms with Crippen LogP contribution in [0.25, 0.3) is 0 Å². The van der Waals surface area contributed by atoms with Crippen molar-refractivity contribution in [1.82, 2.24) is 5.32 Å². The normalized spacial score (nSPS) is 13.3. The van der Waals surface area contributed by atoms with Crippen LogP contribution in [-0.2, 0) is 0 Å². The maximum absolute atomic E-state index is 12.5. The molecule has 0 spiro atoms. The molecule has 0 radical (unpaired) electrons. The predicted molar refractivity (Wildman–Crippen MR) is 82.0 cm³/mol. The highest BCUT2D eigenvalue weighted by molar-refractivity contribution is 9.10. The van der Waals surface area contributed by atoms with Gasteiger partial charge in [-0.25, -0.2) is 0 Å². The maximum Gasteiger partial charge on any atom is 0.389 e. The van der Waals surface area contributed by atoms with Gasteiger partial charge in [0.2, 0.25) is 0 Å². The molecule has 1 aromatic rings. The molecule has 1 rings (SSSR count). The zero-order chi connectivity index (χ0) is 16.0. The number of hydrogen-bond acceptors (Lipinski definition) is 2. The summed E-state index contributed by atoms with van der Waals surface area (Å²) in [5, 5.41) is 3.58. The zero-order valence-corrected chi connectivity index (χ0v) is 14.2. The van der Waals surface area contributed by atoms with Crippen molar-refractivity contribution in [3.63, 3.8) is 0 Å². The number of halogens is 5. The molecule has 0 aliphatic carbocycles. The molecule has 1 N–H and O–H groups in total. The molecule has 1 aromatic carbocycles. The van der Waals surface area contributed by atoms with Crippen molar-refractivity contribution in [3.05, 3.63) is 27.2 Å². The number of alkyl halides is 3. The van der Waals surface area contributed by atoms with Gasteiger partial charge in [0.1, 0.15) is 5.75 Å². The predicted octanol–water partition coefficient (Wildman–Crippen LogP) is 5.49. The van der Waals surface area contributed by atoms with Crippen LogP contribution in [0.15, 0.2) is 16.6 Å². The van der Waals surface area contributed by atoms with Crippen molar-refractivity contribution in [2.75, 3.05) is 13.7 Å². The molecule has 0 saturated carbocycles. The zero-order valence-electron chi connectivity index (χ0n) is 11.9. The summed E-state index contributed by atoms with van der Waals surface area (Å²) in [7, 11) is 1.48. The highest BCUT2D eigenvalue weighted by Gasteiger charge is 2.29. The van der Waals surface area contributed by atoms with E-state index in [9.17, 15) is 13.2 Å². The lowest BCUT2D eigenvalue weighted by Gasteiger charge is -2.23. The molecule has 2 nitrogen and oxygen atoms in total. The molecule has 0 amide bonds. The molecule has 0 fully saturated rings. The van der Waals surface area contributed by atoms with E-state index in [1.54, 1.807) is 12.1 Å². The Labute approximate surface area is 136 Å². The van der Waals surface area contributed by atoms with Crippen molar-refractivity contribution >= 4 is 27.5 Å². The topological polar surface area (TPSA) is 21.3 Å². The Morgan fingerprint density at radius 2 is 2.05 bits per heavy atom. The van der Waals surface area contributed by atoms with E-state index in [0.29, 0.717) is 27.4 Å². The molecule has 120 valence electrons. The number of hydrogen-bond donors (Lipinski definition) is 1. The maximum atomic E-state index is 12.5. The van der Waals surface area contributed by atoms with Crippen LogP contribution >= 0.6 is 27.5 Å². The lowest BCUT2D eigenvalue weighted by Crippen LogP contribution is -2.24. The first-order valence-corrected chi connectivity index (χ1v) is 7.78. The van der Waals surface area contributed by atoms with Crippen LogP contribution in [0.1, 0.15) is 37.8 Å². The van der Waals surface area contributed by atoms with Gasteiger partial charge in [-0.1, -0.05) is 18.5 Å². The van der Waals surface area contributed by atoms with Crippen molar-refractivity contribution < 1.29 is 17.9 Å². The molecule has 0 saturated heterocycles. The lowest BCUT2D eigenvalue weighted by molar-refractivity contribution is -0.136. The summed E-state index contributed by atoms with van der Waals surface area (Å²) >= 11 is 9.34. The molecule has 0 bridgehead atoms. The average Bonchev–Trinajstić information content (AvgIpc) is 2.37. The van der Waals surface area contributed by atoms with Gasteiger partial charge in [0, 0.05) is 23.0 Å². The van der Waals surface area contributed by atoms with Gasteiger partial charge in [0.15, 0.2) is 0 Å². The van der Waals surface area contributed by atoms with Crippen LogP contribution in [0, 0.1) is 0 Å². The Morgan fingerprint density at radius 3 is 2.57 bits per heavy atom. The van der Waals surface area contributed by atoms with Crippen LogP contribution in [0.4, 0.5) is 13.2 Å². The molecule has 0 aromatic heterocycles. The van der Waals surface area contributed by atoms with Gasteiger partial charge >= 0.3 is 6.18 Å². The van der Waals surface area contributed by atoms with Gasteiger partial charge in [-0.2, -0.15) is 13.2 Å². The van der Waals surface area contributed by atoms with Gasteiger partial charge < -0.3 is 10.1 Å². The second kappa shape index (κ2) is 8.25. The van der Waals surface area contributed by atoms with E-state index in [2.05, 4.69) is 21.2 Å². The van der Waals surface area contributed by atoms with Crippen LogP contribution in [0.3, 0.4) is 0 Å². The molecule has 0 heterocycles. The highest BCUT2D eigenvalue weighted by Crippen LogP contribution is 2.38. The second-order valence-corrected chi connectivity index (χ2v) is 5.96. The minimum absolute atomic E-state index is 0.0629. The third-order valence-electron chi connectivity index (χ3n) is 2.97. The summed E-state index contributed by atoms with van der Waals surface area (Å²) in [6.07, 6.45) is -4.28. The van der Waals surface area contributed by atoms with Crippen molar-refractivity contribution in [2.45, 2.75) is 38.4 Å². The summed E-state index contributed by atoms with van der Waals surface area (Å²) in [4.78, 5) is 0. The van der Waals surface area contributed by atoms with E-state index >= 15 is 0 Å². The lowest BCUT2D eigenvalue weighted by atomic mass is 10.0. The Morgan fingerprint density at radius 1 is 1.38 bits per heavy atom. The number of rotatable bonds is 7. The minimum atomic E-state index is -4.19. The number of methoxy groups -OCH3 is 1. The molecule has 21 heavy (non-hydrogen) atoms. The monoisotopic (exact) mass is 387 g/mol. The van der Waals surface area contributed by atoms with Gasteiger partial charge in [-0.05, 0) is 47.4 Å². The fourth-order valence-electron chi connectivity index (χ4n) is 2.05. The Balaban J connectivity index is 3.06. The van der Waals surface area contributed by atoms with Gasteiger partial charge in [-0.15, -0.1) is 0 Å². The van der Waals surface area contributed by atoms with E-state index in [1.807, 2.05) is 6.92 Å². The Hall–Kier alpha value is -0.460. The van der Waals surface area contributed by atoms with Crippen molar-refractivity contribution in [3.8, 4) is 5.75 Å². The van der Waals surface area contributed by atoms with Crippen molar-refractivity contribution in [1.29, 1.82) is 0 Å². The fourth-order valence-corrected chi connectivity index (χ4v) is 3.04. The number of ether oxygens (including phenoxy) is 1. The second-order valence-electron chi connectivity index (χ2n) is 4.67. The number of benzene rings is 1. The average molecular weight is 389 g/mol. The van der Waals surface area contributed by atoms with Crippen molar-refractivity contribution in [2.24, 2.45) is 0 Å². The first-order valence-electron chi connectivity index (χ1n) is 6.61. The van der Waals surface area contributed by atoms with E-state index < -0.39 is 18.6 Å². The molecule has 0 aliphatic heterocycles. The molecule has 1 atom stereocenters. The summed E-state index contributed by atoms with van der Waals surface area (Å²) < 4.78 is 43.4. The van der Waals surface area contributed by atoms with E-state index in [0.717, 1.165) is 6.42 Å². The minimum Gasteiger partial charge on any atom is -0.495 e. The third-order valence-corrected chi connectivity index (χ3v) is 3.78. The summed E-state index contributed by atoms with van der Waals surface area (Å²) in [5.41, 5.74) is 0.634. The smallest absolute Gasteiger partial charge is 0.389 e. The molecule has 1 unspecified atom stereocenters. The molecular weight excluding hydrogens is 371 g/mol. The first kappa shape index (κ1) is 18.6. The van der Waals surface area contributed by atoms with Gasteiger partial charge in [-0.3, -0.25) is 0 Å². The number of nitrogens with one attached hydrogen (secondary N) is 1. The highest BCUT2D eigenvalue weighted by atomic mass is 79.9. The quantitative estimate of drug-likeness (QED) is 0.666. The van der Waals surface area contributed by atoms with Gasteiger partial charge in [0.05, 0.1) is 11.6 Å². The first-order chi connectivity index (χ1) is 9.78. The van der Waals surface area contributed by atoms with Crippen LogP contribution in [0.2, 0.25) is 5.02 Å². The molecular formula is C14H18BrClF3NO. The molecule has 7 heteroatoms.